The first-order valence-corrected chi connectivity index (χ1v) is 7.91. The fourth-order valence-corrected chi connectivity index (χ4v) is 2.69. The predicted molar refractivity (Wildman–Crippen MR) is 72.0 cm³/mol. The Labute approximate surface area is 112 Å². The molecule has 0 saturated heterocycles. The van der Waals surface area contributed by atoms with Crippen molar-refractivity contribution in [2.45, 2.75) is 38.1 Å². The molecule has 0 aliphatic carbocycles. The standard InChI is InChI=1S/C10H19ClN4O2S/c1-6(2)15-10(8(11)5-13-15)9(14-12)7(3)18(4,16)17/h5-7,9,14H,12H2,1-4H3. The van der Waals surface area contributed by atoms with Gasteiger partial charge in [-0.05, 0) is 20.8 Å². The molecule has 0 radical (unpaired) electrons. The first kappa shape index (κ1) is 15.4. The van der Waals surface area contributed by atoms with Gasteiger partial charge in [-0.2, -0.15) is 5.10 Å². The average molecular weight is 295 g/mol. The van der Waals surface area contributed by atoms with Crippen LogP contribution in [0.15, 0.2) is 6.20 Å². The van der Waals surface area contributed by atoms with Gasteiger partial charge in [-0.3, -0.25) is 16.0 Å². The molecule has 1 aromatic heterocycles. The van der Waals surface area contributed by atoms with Gasteiger partial charge in [0.1, 0.15) is 0 Å². The highest BCUT2D eigenvalue weighted by Gasteiger charge is 2.31. The van der Waals surface area contributed by atoms with E-state index in [0.717, 1.165) is 0 Å². The van der Waals surface area contributed by atoms with E-state index in [2.05, 4.69) is 10.5 Å². The molecule has 0 amide bonds. The molecular weight excluding hydrogens is 276 g/mol. The van der Waals surface area contributed by atoms with E-state index in [4.69, 9.17) is 17.4 Å². The number of halogens is 1. The van der Waals surface area contributed by atoms with Crippen LogP contribution in [0.4, 0.5) is 0 Å². The summed E-state index contributed by atoms with van der Waals surface area (Å²) >= 11 is 6.08. The normalized spacial score (nSPS) is 15.9. The predicted octanol–water partition coefficient (Wildman–Crippen LogP) is 1.05. The Hall–Kier alpha value is -0.630. The Kier molecular flexibility index (Phi) is 4.77. The van der Waals surface area contributed by atoms with Gasteiger partial charge < -0.3 is 0 Å². The zero-order chi connectivity index (χ0) is 14.1. The van der Waals surface area contributed by atoms with Crippen LogP contribution < -0.4 is 11.3 Å². The molecule has 18 heavy (non-hydrogen) atoms. The minimum atomic E-state index is -3.24. The second-order valence-corrected chi connectivity index (χ2v) is 7.40. The maximum atomic E-state index is 11.7. The topological polar surface area (TPSA) is 90.0 Å². The maximum absolute atomic E-state index is 11.7. The third-order valence-corrected chi connectivity index (χ3v) is 4.81. The molecular formula is C10H19ClN4O2S. The lowest BCUT2D eigenvalue weighted by molar-refractivity contribution is 0.439. The highest BCUT2D eigenvalue weighted by atomic mass is 35.5. The van der Waals surface area contributed by atoms with Gasteiger partial charge in [0, 0.05) is 12.3 Å². The molecule has 6 nitrogen and oxygen atoms in total. The molecule has 0 aliphatic heterocycles. The molecule has 104 valence electrons. The number of nitrogens with two attached hydrogens (primary N) is 1. The summed E-state index contributed by atoms with van der Waals surface area (Å²) in [7, 11) is -3.24. The number of hydrogen-bond donors (Lipinski definition) is 2. The lowest BCUT2D eigenvalue weighted by atomic mass is 10.1. The van der Waals surface area contributed by atoms with Crippen molar-refractivity contribution in [1.82, 2.24) is 15.2 Å². The Morgan fingerprint density at radius 1 is 1.44 bits per heavy atom. The Morgan fingerprint density at radius 2 is 2.00 bits per heavy atom. The third kappa shape index (κ3) is 3.03. The molecule has 8 heteroatoms. The van der Waals surface area contributed by atoms with Gasteiger partial charge in [0.2, 0.25) is 0 Å². The number of nitrogens with one attached hydrogen (secondary N) is 1. The summed E-state index contributed by atoms with van der Waals surface area (Å²) in [5.41, 5.74) is 3.11. The van der Waals surface area contributed by atoms with Crippen LogP contribution >= 0.6 is 11.6 Å². The van der Waals surface area contributed by atoms with E-state index in [9.17, 15) is 8.42 Å². The summed E-state index contributed by atoms with van der Waals surface area (Å²) in [6, 6.07) is -0.535. The fraction of sp³-hybridized carbons (Fsp3) is 0.700. The van der Waals surface area contributed by atoms with Gasteiger partial charge in [-0.25, -0.2) is 8.42 Å². The van der Waals surface area contributed by atoms with Crippen molar-refractivity contribution in [3.63, 3.8) is 0 Å². The summed E-state index contributed by atoms with van der Waals surface area (Å²) in [6.45, 7) is 5.46. The Morgan fingerprint density at radius 3 is 2.39 bits per heavy atom. The van der Waals surface area contributed by atoms with Crippen molar-refractivity contribution in [3.05, 3.63) is 16.9 Å². The Balaban J connectivity index is 3.29. The van der Waals surface area contributed by atoms with Crippen LogP contribution in [0.3, 0.4) is 0 Å². The van der Waals surface area contributed by atoms with Gasteiger partial charge in [0.25, 0.3) is 0 Å². The number of rotatable bonds is 5. The minimum Gasteiger partial charge on any atom is -0.271 e. The molecule has 0 saturated carbocycles. The summed E-state index contributed by atoms with van der Waals surface area (Å²) < 4.78 is 25.0. The third-order valence-electron chi connectivity index (χ3n) is 2.90. The van der Waals surface area contributed by atoms with Gasteiger partial charge in [-0.15, -0.1) is 0 Å². The second-order valence-electron chi connectivity index (χ2n) is 4.60. The number of hydrazine groups is 1. The number of sulfone groups is 1. The van der Waals surface area contributed by atoms with Gasteiger partial charge in [-0.1, -0.05) is 11.6 Å². The monoisotopic (exact) mass is 294 g/mol. The van der Waals surface area contributed by atoms with Crippen LogP contribution in [0.2, 0.25) is 5.02 Å². The first-order chi connectivity index (χ1) is 8.20. The van der Waals surface area contributed by atoms with Gasteiger partial charge in [0.15, 0.2) is 9.84 Å². The van der Waals surface area contributed by atoms with E-state index in [-0.39, 0.29) is 6.04 Å². The largest absolute Gasteiger partial charge is 0.271 e. The maximum Gasteiger partial charge on any atom is 0.152 e. The molecule has 3 N–H and O–H groups in total. The average Bonchev–Trinajstić information content (AvgIpc) is 2.61. The number of nitrogens with zero attached hydrogens (tertiary/aromatic N) is 2. The van der Waals surface area contributed by atoms with E-state index in [1.165, 1.54) is 12.5 Å². The molecule has 2 unspecified atom stereocenters. The molecule has 0 bridgehead atoms. The van der Waals surface area contributed by atoms with E-state index in [0.29, 0.717) is 10.7 Å². The molecule has 0 aromatic carbocycles. The highest BCUT2D eigenvalue weighted by Crippen LogP contribution is 2.29. The van der Waals surface area contributed by atoms with Gasteiger partial charge in [0.05, 0.1) is 28.2 Å². The van der Waals surface area contributed by atoms with E-state index in [1.807, 2.05) is 13.8 Å². The van der Waals surface area contributed by atoms with Crippen LogP contribution in [0, 0.1) is 0 Å². The molecule has 2 atom stereocenters. The van der Waals surface area contributed by atoms with E-state index >= 15 is 0 Å². The molecule has 0 fully saturated rings. The van der Waals surface area contributed by atoms with Crippen LogP contribution in [-0.2, 0) is 9.84 Å². The second kappa shape index (κ2) is 5.56. The van der Waals surface area contributed by atoms with Crippen molar-refractivity contribution < 1.29 is 8.42 Å². The van der Waals surface area contributed by atoms with Crippen molar-refractivity contribution in [3.8, 4) is 0 Å². The lowest BCUT2D eigenvalue weighted by Gasteiger charge is -2.24. The lowest BCUT2D eigenvalue weighted by Crippen LogP contribution is -2.40. The summed E-state index contributed by atoms with van der Waals surface area (Å²) in [6.07, 6.45) is 2.67. The smallest absolute Gasteiger partial charge is 0.152 e. The van der Waals surface area contributed by atoms with Crippen molar-refractivity contribution >= 4 is 21.4 Å². The molecule has 1 heterocycles. The van der Waals surface area contributed by atoms with Crippen molar-refractivity contribution in [2.75, 3.05) is 6.26 Å². The van der Waals surface area contributed by atoms with E-state index < -0.39 is 21.1 Å². The summed E-state index contributed by atoms with van der Waals surface area (Å²) in [5.74, 6) is 5.49. The fourth-order valence-electron chi connectivity index (χ4n) is 1.74. The quantitative estimate of drug-likeness (QED) is 0.626. The van der Waals surface area contributed by atoms with Gasteiger partial charge >= 0.3 is 0 Å². The van der Waals surface area contributed by atoms with Crippen LogP contribution in [0.5, 0.6) is 0 Å². The minimum absolute atomic E-state index is 0.0649. The number of hydrogen-bond acceptors (Lipinski definition) is 5. The number of aromatic nitrogens is 2. The van der Waals surface area contributed by atoms with Crippen LogP contribution in [0.1, 0.15) is 38.5 Å². The van der Waals surface area contributed by atoms with Crippen LogP contribution in [-0.4, -0.2) is 29.7 Å². The molecule has 0 spiro atoms. The van der Waals surface area contributed by atoms with Crippen molar-refractivity contribution in [1.29, 1.82) is 0 Å². The zero-order valence-electron chi connectivity index (χ0n) is 10.9. The zero-order valence-corrected chi connectivity index (χ0v) is 12.5. The van der Waals surface area contributed by atoms with Crippen molar-refractivity contribution in [2.24, 2.45) is 5.84 Å². The van der Waals surface area contributed by atoms with E-state index in [1.54, 1.807) is 11.6 Å². The summed E-state index contributed by atoms with van der Waals surface area (Å²) in [5, 5.41) is 3.85. The highest BCUT2D eigenvalue weighted by molar-refractivity contribution is 7.91. The Bertz CT molecular complexity index is 512. The summed E-state index contributed by atoms with van der Waals surface area (Å²) in [4.78, 5) is 0. The first-order valence-electron chi connectivity index (χ1n) is 5.58. The van der Waals surface area contributed by atoms with Crippen LogP contribution in [0.25, 0.3) is 0 Å². The molecule has 0 aliphatic rings. The molecule has 1 aromatic rings. The molecule has 1 rings (SSSR count). The SMILES string of the molecule is CC(C)n1ncc(Cl)c1C(NN)C(C)S(C)(=O)=O.